The number of hydrogen-bond donors (Lipinski definition) is 1. The highest BCUT2D eigenvalue weighted by Crippen LogP contribution is 2.45. The maximum Gasteiger partial charge on any atom is 0.169 e. The maximum atomic E-state index is 5.55. The first-order chi connectivity index (χ1) is 5.77. The van der Waals surface area contributed by atoms with Crippen LogP contribution in [0.25, 0.3) is 0 Å². The van der Waals surface area contributed by atoms with Gasteiger partial charge in [0.2, 0.25) is 0 Å². The van der Waals surface area contributed by atoms with Crippen LogP contribution >= 0.6 is 28.6 Å². The van der Waals surface area contributed by atoms with E-state index in [0.717, 1.165) is 16.2 Å². The Bertz CT molecular complexity index is 272. The average Bonchev–Trinajstić information content (AvgIpc) is 2.35. The van der Waals surface area contributed by atoms with E-state index >= 15 is 0 Å². The molecule has 0 amide bonds. The van der Waals surface area contributed by atoms with Gasteiger partial charge < -0.3 is 4.42 Å². The zero-order valence-corrected chi connectivity index (χ0v) is 9.20. The second-order valence-electron chi connectivity index (χ2n) is 3.40. The predicted octanol–water partition coefficient (Wildman–Crippen LogP) is 3.39. The highest BCUT2D eigenvalue weighted by molar-refractivity contribution is 9.10. The molecule has 1 aliphatic rings. The van der Waals surface area contributed by atoms with Gasteiger partial charge in [-0.2, -0.15) is 12.6 Å². The van der Waals surface area contributed by atoms with Gasteiger partial charge in [-0.1, -0.05) is 6.42 Å². The first kappa shape index (κ1) is 8.70. The zero-order chi connectivity index (χ0) is 8.60. The number of halogens is 1. The van der Waals surface area contributed by atoms with Gasteiger partial charge in [-0.25, -0.2) is 0 Å². The SMILES string of the molecule is SCC1(c2ccc(Br)o2)CCC1. The van der Waals surface area contributed by atoms with Crippen LogP contribution in [0.3, 0.4) is 0 Å². The lowest BCUT2D eigenvalue weighted by atomic mass is 9.68. The summed E-state index contributed by atoms with van der Waals surface area (Å²) >= 11 is 7.69. The van der Waals surface area contributed by atoms with Crippen LogP contribution in [-0.2, 0) is 5.41 Å². The average molecular weight is 247 g/mol. The number of furan rings is 1. The summed E-state index contributed by atoms with van der Waals surface area (Å²) in [4.78, 5) is 0. The van der Waals surface area contributed by atoms with Gasteiger partial charge in [-0.3, -0.25) is 0 Å². The molecule has 0 N–H and O–H groups in total. The molecule has 0 spiro atoms. The Hall–Kier alpha value is 0.110. The highest BCUT2D eigenvalue weighted by atomic mass is 79.9. The van der Waals surface area contributed by atoms with E-state index in [1.54, 1.807) is 0 Å². The Morgan fingerprint density at radius 1 is 1.50 bits per heavy atom. The Morgan fingerprint density at radius 2 is 2.25 bits per heavy atom. The number of rotatable bonds is 2. The smallest absolute Gasteiger partial charge is 0.169 e. The van der Waals surface area contributed by atoms with E-state index < -0.39 is 0 Å². The fraction of sp³-hybridized carbons (Fsp3) is 0.556. The van der Waals surface area contributed by atoms with Crippen molar-refractivity contribution in [2.75, 3.05) is 5.75 Å². The van der Waals surface area contributed by atoms with Crippen molar-refractivity contribution in [1.29, 1.82) is 0 Å². The van der Waals surface area contributed by atoms with Gasteiger partial charge >= 0.3 is 0 Å². The topological polar surface area (TPSA) is 13.1 Å². The fourth-order valence-electron chi connectivity index (χ4n) is 1.69. The molecule has 0 bridgehead atoms. The minimum absolute atomic E-state index is 0.245. The van der Waals surface area contributed by atoms with E-state index in [9.17, 15) is 0 Å². The Kier molecular flexibility index (Phi) is 2.25. The minimum Gasteiger partial charge on any atom is -0.454 e. The second-order valence-corrected chi connectivity index (χ2v) is 4.49. The fourth-order valence-corrected chi connectivity index (χ4v) is 2.46. The lowest BCUT2D eigenvalue weighted by Gasteiger charge is -2.38. The highest BCUT2D eigenvalue weighted by Gasteiger charge is 2.40. The third-order valence-corrected chi connectivity index (χ3v) is 3.74. The van der Waals surface area contributed by atoms with Crippen molar-refractivity contribution >= 4 is 28.6 Å². The van der Waals surface area contributed by atoms with Gasteiger partial charge in [-0.05, 0) is 40.9 Å². The lowest BCUT2D eigenvalue weighted by Crippen LogP contribution is -2.35. The van der Waals surface area contributed by atoms with Crippen molar-refractivity contribution < 1.29 is 4.42 Å². The van der Waals surface area contributed by atoms with Crippen LogP contribution in [0.5, 0.6) is 0 Å². The monoisotopic (exact) mass is 246 g/mol. The van der Waals surface area contributed by atoms with E-state index in [1.165, 1.54) is 19.3 Å². The van der Waals surface area contributed by atoms with Crippen molar-refractivity contribution in [3.8, 4) is 0 Å². The molecule has 1 aromatic rings. The molecule has 1 heterocycles. The zero-order valence-electron chi connectivity index (χ0n) is 6.72. The first-order valence-corrected chi connectivity index (χ1v) is 5.56. The lowest BCUT2D eigenvalue weighted by molar-refractivity contribution is 0.227. The summed E-state index contributed by atoms with van der Waals surface area (Å²) in [6.45, 7) is 0. The van der Waals surface area contributed by atoms with Crippen molar-refractivity contribution in [2.45, 2.75) is 24.7 Å². The quantitative estimate of drug-likeness (QED) is 0.790. The summed E-state index contributed by atoms with van der Waals surface area (Å²) in [5.74, 6) is 1.99. The molecule has 1 aromatic heterocycles. The van der Waals surface area contributed by atoms with E-state index in [-0.39, 0.29) is 5.41 Å². The molecule has 1 saturated carbocycles. The molecule has 3 heteroatoms. The third kappa shape index (κ3) is 1.23. The van der Waals surface area contributed by atoms with Gasteiger partial charge in [0, 0.05) is 11.2 Å². The molecule has 0 aromatic carbocycles. The molecule has 0 saturated heterocycles. The van der Waals surface area contributed by atoms with Gasteiger partial charge in [-0.15, -0.1) is 0 Å². The van der Waals surface area contributed by atoms with Crippen molar-refractivity contribution in [2.24, 2.45) is 0 Å². The van der Waals surface area contributed by atoms with Crippen LogP contribution in [0.15, 0.2) is 21.2 Å². The van der Waals surface area contributed by atoms with E-state index in [2.05, 4.69) is 34.6 Å². The second kappa shape index (κ2) is 3.11. The largest absolute Gasteiger partial charge is 0.454 e. The number of thiol groups is 1. The van der Waals surface area contributed by atoms with Gasteiger partial charge in [0.1, 0.15) is 5.76 Å². The van der Waals surface area contributed by atoms with Crippen molar-refractivity contribution in [3.63, 3.8) is 0 Å². The number of hydrogen-bond acceptors (Lipinski definition) is 2. The van der Waals surface area contributed by atoms with E-state index in [0.29, 0.717) is 0 Å². The molecule has 1 aliphatic carbocycles. The summed E-state index contributed by atoms with van der Waals surface area (Å²) < 4.78 is 6.37. The van der Waals surface area contributed by atoms with Crippen LogP contribution in [0.1, 0.15) is 25.0 Å². The normalized spacial score (nSPS) is 20.5. The molecule has 0 aliphatic heterocycles. The molecule has 0 atom stereocenters. The van der Waals surface area contributed by atoms with Gasteiger partial charge in [0.15, 0.2) is 4.67 Å². The van der Waals surface area contributed by atoms with E-state index in [4.69, 9.17) is 4.42 Å². The molecule has 2 rings (SSSR count). The Labute approximate surface area is 86.1 Å². The summed E-state index contributed by atoms with van der Waals surface area (Å²) in [5, 5.41) is 0. The van der Waals surface area contributed by atoms with Crippen molar-refractivity contribution in [3.05, 3.63) is 22.6 Å². The van der Waals surface area contributed by atoms with Gasteiger partial charge in [0.05, 0.1) is 0 Å². The molecular weight excluding hydrogens is 236 g/mol. The summed E-state index contributed by atoms with van der Waals surface area (Å²) in [7, 11) is 0. The van der Waals surface area contributed by atoms with Crippen molar-refractivity contribution in [1.82, 2.24) is 0 Å². The van der Waals surface area contributed by atoms with Crippen LogP contribution in [0.4, 0.5) is 0 Å². The van der Waals surface area contributed by atoms with Crippen LogP contribution < -0.4 is 0 Å². The first-order valence-electron chi connectivity index (χ1n) is 4.13. The molecule has 1 fully saturated rings. The maximum absolute atomic E-state index is 5.55. The van der Waals surface area contributed by atoms with Crippen LogP contribution in [0, 0.1) is 0 Å². The minimum atomic E-state index is 0.245. The molecule has 12 heavy (non-hydrogen) atoms. The third-order valence-electron chi connectivity index (χ3n) is 2.71. The molecule has 66 valence electrons. The Morgan fingerprint density at radius 3 is 2.58 bits per heavy atom. The molecule has 0 unspecified atom stereocenters. The standard InChI is InChI=1S/C9H11BrOS/c10-8-3-2-7(11-8)9(6-12)4-1-5-9/h2-3,12H,1,4-6H2. The van der Waals surface area contributed by atoms with Crippen LogP contribution in [0.2, 0.25) is 0 Å². The van der Waals surface area contributed by atoms with E-state index in [1.807, 2.05) is 6.07 Å². The summed E-state index contributed by atoms with van der Waals surface area (Å²) in [6, 6.07) is 4.01. The molecule has 1 nitrogen and oxygen atoms in total. The predicted molar refractivity (Wildman–Crippen MR) is 55.8 cm³/mol. The summed E-state index contributed by atoms with van der Waals surface area (Å²) in [6.07, 6.45) is 3.74. The molecule has 0 radical (unpaired) electrons. The molecular formula is C9H11BrOS. The summed E-state index contributed by atoms with van der Waals surface area (Å²) in [5.41, 5.74) is 0.245. The Balaban J connectivity index is 2.27. The van der Waals surface area contributed by atoms with Crippen LogP contribution in [-0.4, -0.2) is 5.75 Å². The van der Waals surface area contributed by atoms with Gasteiger partial charge in [0.25, 0.3) is 0 Å².